The van der Waals surface area contributed by atoms with Crippen LogP contribution in [-0.4, -0.2) is 18.5 Å². The van der Waals surface area contributed by atoms with Crippen LogP contribution in [0, 0.1) is 0 Å². The first-order chi connectivity index (χ1) is 7.74. The molecule has 0 aliphatic rings. The van der Waals surface area contributed by atoms with Crippen LogP contribution in [0.1, 0.15) is 25.8 Å². The highest BCUT2D eigenvalue weighted by Crippen LogP contribution is 1.97. The number of hydrogen-bond acceptors (Lipinski definition) is 2. The minimum Gasteiger partial charge on any atom is -0.351 e. The monoisotopic (exact) mass is 256 g/mol. The van der Waals surface area contributed by atoms with E-state index < -0.39 is 0 Å². The molecule has 1 rings (SSSR count). The van der Waals surface area contributed by atoms with Crippen molar-refractivity contribution in [2.24, 2.45) is 0 Å². The number of amides is 1. The molecule has 0 saturated heterocycles. The molecule has 4 heteroatoms. The second-order valence-corrected chi connectivity index (χ2v) is 3.88. The first kappa shape index (κ1) is 15.9. The third-order valence-electron chi connectivity index (χ3n) is 2.40. The van der Waals surface area contributed by atoms with Crippen LogP contribution in [0.3, 0.4) is 0 Å². The SMILES string of the molecule is CCCNC(C)C(=O)NCc1ccccc1.Cl. The fraction of sp³-hybridized carbons (Fsp3) is 0.462. The fourth-order valence-corrected chi connectivity index (χ4v) is 1.39. The van der Waals surface area contributed by atoms with Gasteiger partial charge in [-0.05, 0) is 25.5 Å². The molecular weight excluding hydrogens is 236 g/mol. The van der Waals surface area contributed by atoms with Crippen molar-refractivity contribution >= 4 is 18.3 Å². The molecule has 96 valence electrons. The van der Waals surface area contributed by atoms with Gasteiger partial charge in [0.05, 0.1) is 6.04 Å². The molecule has 1 aromatic carbocycles. The number of nitrogens with one attached hydrogen (secondary N) is 2. The quantitative estimate of drug-likeness (QED) is 0.819. The highest BCUT2D eigenvalue weighted by Gasteiger charge is 2.10. The highest BCUT2D eigenvalue weighted by molar-refractivity contribution is 5.85. The Bertz CT molecular complexity index is 316. The molecule has 1 atom stereocenters. The van der Waals surface area contributed by atoms with Crippen LogP contribution in [0.25, 0.3) is 0 Å². The van der Waals surface area contributed by atoms with E-state index in [2.05, 4.69) is 17.6 Å². The number of halogens is 1. The van der Waals surface area contributed by atoms with E-state index in [4.69, 9.17) is 0 Å². The van der Waals surface area contributed by atoms with Crippen LogP contribution in [0.15, 0.2) is 30.3 Å². The summed E-state index contributed by atoms with van der Waals surface area (Å²) in [4.78, 5) is 11.6. The maximum atomic E-state index is 11.6. The van der Waals surface area contributed by atoms with Crippen LogP contribution < -0.4 is 10.6 Å². The molecule has 0 heterocycles. The minimum atomic E-state index is -0.122. The summed E-state index contributed by atoms with van der Waals surface area (Å²) in [7, 11) is 0. The van der Waals surface area contributed by atoms with Crippen LogP contribution in [0.4, 0.5) is 0 Å². The number of rotatable bonds is 6. The van der Waals surface area contributed by atoms with Crippen molar-refractivity contribution < 1.29 is 4.79 Å². The number of benzene rings is 1. The van der Waals surface area contributed by atoms with Gasteiger partial charge in [-0.3, -0.25) is 4.79 Å². The number of carbonyl (C=O) groups is 1. The minimum absolute atomic E-state index is 0. The third kappa shape index (κ3) is 6.29. The molecule has 0 fully saturated rings. The average molecular weight is 257 g/mol. The molecule has 2 N–H and O–H groups in total. The maximum Gasteiger partial charge on any atom is 0.237 e. The first-order valence-corrected chi connectivity index (χ1v) is 5.79. The van der Waals surface area contributed by atoms with Gasteiger partial charge < -0.3 is 10.6 Å². The zero-order chi connectivity index (χ0) is 11.8. The fourth-order valence-electron chi connectivity index (χ4n) is 1.39. The van der Waals surface area contributed by atoms with Gasteiger partial charge in [0.25, 0.3) is 0 Å². The number of carbonyl (C=O) groups excluding carboxylic acids is 1. The summed E-state index contributed by atoms with van der Waals surface area (Å²) in [6, 6.07) is 9.80. The predicted octanol–water partition coefficient (Wildman–Crippen LogP) is 2.11. The Balaban J connectivity index is 0.00000256. The molecule has 0 bridgehead atoms. The summed E-state index contributed by atoms with van der Waals surface area (Å²) in [6.07, 6.45) is 1.04. The lowest BCUT2D eigenvalue weighted by molar-refractivity contribution is -0.122. The van der Waals surface area contributed by atoms with Crippen LogP contribution in [0.2, 0.25) is 0 Å². The van der Waals surface area contributed by atoms with E-state index in [1.165, 1.54) is 0 Å². The normalized spacial score (nSPS) is 11.4. The summed E-state index contributed by atoms with van der Waals surface area (Å²) in [5.74, 6) is 0.0531. The molecule has 0 aromatic heterocycles. The summed E-state index contributed by atoms with van der Waals surface area (Å²) < 4.78 is 0. The molecule has 0 aliphatic heterocycles. The van der Waals surface area contributed by atoms with E-state index >= 15 is 0 Å². The van der Waals surface area contributed by atoms with Gasteiger partial charge in [0, 0.05) is 6.54 Å². The van der Waals surface area contributed by atoms with Gasteiger partial charge in [-0.25, -0.2) is 0 Å². The lowest BCUT2D eigenvalue weighted by atomic mass is 10.2. The third-order valence-corrected chi connectivity index (χ3v) is 2.40. The molecule has 17 heavy (non-hydrogen) atoms. The maximum absolute atomic E-state index is 11.6. The van der Waals surface area contributed by atoms with Crippen LogP contribution in [-0.2, 0) is 11.3 Å². The van der Waals surface area contributed by atoms with E-state index in [-0.39, 0.29) is 24.4 Å². The molecule has 1 aromatic rings. The number of hydrogen-bond donors (Lipinski definition) is 2. The molecule has 0 aliphatic carbocycles. The molecule has 1 unspecified atom stereocenters. The summed E-state index contributed by atoms with van der Waals surface area (Å²) in [5, 5.41) is 6.06. The van der Waals surface area contributed by atoms with Crippen LogP contribution in [0.5, 0.6) is 0 Å². The summed E-state index contributed by atoms with van der Waals surface area (Å²) in [6.45, 7) is 5.44. The van der Waals surface area contributed by atoms with Crippen molar-refractivity contribution in [2.45, 2.75) is 32.9 Å². The van der Waals surface area contributed by atoms with Crippen molar-refractivity contribution in [3.05, 3.63) is 35.9 Å². The van der Waals surface area contributed by atoms with Crippen molar-refractivity contribution in [3.8, 4) is 0 Å². The molecular formula is C13H21ClN2O. The van der Waals surface area contributed by atoms with E-state index in [1.54, 1.807) is 0 Å². The largest absolute Gasteiger partial charge is 0.351 e. The predicted molar refractivity (Wildman–Crippen MR) is 73.3 cm³/mol. The van der Waals surface area contributed by atoms with Gasteiger partial charge in [0.15, 0.2) is 0 Å². The standard InChI is InChI=1S/C13H20N2O.ClH/c1-3-9-14-11(2)13(16)15-10-12-7-5-4-6-8-12;/h4-8,11,14H,3,9-10H2,1-2H3,(H,15,16);1H. The van der Waals surface area contributed by atoms with Crippen molar-refractivity contribution in [1.82, 2.24) is 10.6 Å². The second kappa shape index (κ2) is 9.02. The van der Waals surface area contributed by atoms with Crippen molar-refractivity contribution in [3.63, 3.8) is 0 Å². The Morgan fingerprint density at radius 2 is 1.94 bits per heavy atom. The zero-order valence-corrected chi connectivity index (χ0v) is 11.2. The van der Waals surface area contributed by atoms with Gasteiger partial charge in [-0.15, -0.1) is 12.4 Å². The van der Waals surface area contributed by atoms with Gasteiger partial charge in [-0.2, -0.15) is 0 Å². The topological polar surface area (TPSA) is 41.1 Å². The van der Waals surface area contributed by atoms with E-state index in [1.807, 2.05) is 37.3 Å². The highest BCUT2D eigenvalue weighted by atomic mass is 35.5. The van der Waals surface area contributed by atoms with Gasteiger partial charge in [0.2, 0.25) is 5.91 Å². The Labute approximate surface area is 109 Å². The lowest BCUT2D eigenvalue weighted by Gasteiger charge is -2.13. The molecule has 0 saturated carbocycles. The average Bonchev–Trinajstić information content (AvgIpc) is 2.34. The van der Waals surface area contributed by atoms with E-state index in [9.17, 15) is 4.79 Å². The molecule has 3 nitrogen and oxygen atoms in total. The molecule has 0 spiro atoms. The van der Waals surface area contributed by atoms with E-state index in [0.717, 1.165) is 18.5 Å². The Kier molecular flexibility index (Phi) is 8.46. The Morgan fingerprint density at radius 3 is 2.53 bits per heavy atom. The van der Waals surface area contributed by atoms with Gasteiger partial charge in [-0.1, -0.05) is 37.3 Å². The zero-order valence-electron chi connectivity index (χ0n) is 10.4. The molecule has 0 radical (unpaired) electrons. The van der Waals surface area contributed by atoms with Crippen LogP contribution >= 0.6 is 12.4 Å². The summed E-state index contributed by atoms with van der Waals surface area (Å²) >= 11 is 0. The van der Waals surface area contributed by atoms with Crippen molar-refractivity contribution in [2.75, 3.05) is 6.54 Å². The first-order valence-electron chi connectivity index (χ1n) is 5.79. The van der Waals surface area contributed by atoms with Gasteiger partial charge >= 0.3 is 0 Å². The van der Waals surface area contributed by atoms with Crippen molar-refractivity contribution in [1.29, 1.82) is 0 Å². The Morgan fingerprint density at radius 1 is 1.29 bits per heavy atom. The summed E-state index contributed by atoms with van der Waals surface area (Å²) in [5.41, 5.74) is 1.12. The molecule has 1 amide bonds. The van der Waals surface area contributed by atoms with E-state index in [0.29, 0.717) is 6.54 Å². The van der Waals surface area contributed by atoms with Gasteiger partial charge in [0.1, 0.15) is 0 Å². The second-order valence-electron chi connectivity index (χ2n) is 3.88. The Hall–Kier alpha value is -1.06. The smallest absolute Gasteiger partial charge is 0.237 e. The lowest BCUT2D eigenvalue weighted by Crippen LogP contribution is -2.42.